The molecule has 0 aliphatic rings. The zero-order valence-electron chi connectivity index (χ0n) is 4.71. The Hall–Kier alpha value is -1.72. The van der Waals surface area contributed by atoms with Crippen LogP contribution in [0, 0.1) is 0 Å². The highest BCUT2D eigenvalue weighted by Crippen LogP contribution is 2.10. The molecule has 0 unspecified atom stereocenters. The number of aromatic nitrogens is 2. The molecule has 1 aromatic heterocycles. The van der Waals surface area contributed by atoms with Crippen molar-refractivity contribution in [2.24, 2.45) is 0 Å². The summed E-state index contributed by atoms with van der Waals surface area (Å²) < 4.78 is 0. The number of rotatable bonds is 0. The number of hydrogen-bond acceptors (Lipinski definition) is 4. The summed E-state index contributed by atoms with van der Waals surface area (Å²) in [5, 5.41) is 17.1. The average molecular weight is 144 g/mol. The van der Waals surface area contributed by atoms with Crippen LogP contribution in [-0.2, 0) is 0 Å². The molecular formula is C4H4N2O4. The topological polar surface area (TPSA) is 106 Å². The molecule has 6 heteroatoms. The second kappa shape index (κ2) is 1.90. The van der Waals surface area contributed by atoms with Crippen LogP contribution in [0.1, 0.15) is 0 Å². The molecule has 0 radical (unpaired) electrons. The third-order valence-corrected chi connectivity index (χ3v) is 0.898. The molecule has 0 aliphatic carbocycles. The van der Waals surface area contributed by atoms with Crippen LogP contribution in [0.4, 0.5) is 0 Å². The minimum atomic E-state index is -1.01. The van der Waals surface area contributed by atoms with Crippen LogP contribution in [0.15, 0.2) is 9.59 Å². The van der Waals surface area contributed by atoms with Gasteiger partial charge >= 0.3 is 5.69 Å². The highest BCUT2D eigenvalue weighted by molar-refractivity contribution is 5.25. The minimum absolute atomic E-state index is 0.825. The highest BCUT2D eigenvalue weighted by Gasteiger charge is 2.03. The van der Waals surface area contributed by atoms with Crippen LogP contribution >= 0.6 is 0 Å². The molecule has 0 aliphatic heterocycles. The molecule has 1 aromatic rings. The van der Waals surface area contributed by atoms with E-state index in [-0.39, 0.29) is 0 Å². The maximum atomic E-state index is 10.4. The molecule has 0 saturated carbocycles. The zero-order chi connectivity index (χ0) is 7.72. The lowest BCUT2D eigenvalue weighted by Gasteiger charge is -1.91. The van der Waals surface area contributed by atoms with Crippen molar-refractivity contribution in [2.75, 3.05) is 0 Å². The maximum absolute atomic E-state index is 10.4. The Morgan fingerprint density at radius 2 is 1.70 bits per heavy atom. The smallest absolute Gasteiger partial charge is 0.328 e. The highest BCUT2D eigenvalue weighted by atomic mass is 16.3. The van der Waals surface area contributed by atoms with Gasteiger partial charge in [-0.05, 0) is 0 Å². The van der Waals surface area contributed by atoms with Crippen molar-refractivity contribution in [3.8, 4) is 11.6 Å². The first-order valence-corrected chi connectivity index (χ1v) is 2.36. The summed E-state index contributed by atoms with van der Waals surface area (Å²) in [5.41, 5.74) is -1.87. The first kappa shape index (κ1) is 6.40. The summed E-state index contributed by atoms with van der Waals surface area (Å²) in [4.78, 5) is 24.1. The molecule has 10 heavy (non-hydrogen) atoms. The van der Waals surface area contributed by atoms with Gasteiger partial charge in [0.25, 0.3) is 5.56 Å². The largest absolute Gasteiger partial charge is 0.499 e. The number of nitrogens with one attached hydrogen (secondary N) is 2. The van der Waals surface area contributed by atoms with Gasteiger partial charge in [-0.3, -0.25) is 14.8 Å². The summed E-state index contributed by atoms with van der Waals surface area (Å²) in [6.07, 6.45) is 0. The minimum Gasteiger partial charge on any atom is -0.499 e. The number of aromatic amines is 2. The van der Waals surface area contributed by atoms with Crippen LogP contribution in [0.2, 0.25) is 0 Å². The Kier molecular flexibility index (Phi) is 1.22. The monoisotopic (exact) mass is 144 g/mol. The molecule has 0 aromatic carbocycles. The standard InChI is InChI=1S/C4H4N2O4/c7-1-2(8)5-4(10)6-3(1)9/h7H,(H3,5,6,8,9,10). The van der Waals surface area contributed by atoms with Crippen LogP contribution in [0.25, 0.3) is 0 Å². The van der Waals surface area contributed by atoms with Crippen molar-refractivity contribution < 1.29 is 10.2 Å². The second-order valence-corrected chi connectivity index (χ2v) is 1.61. The molecule has 0 atom stereocenters. The van der Waals surface area contributed by atoms with Crippen molar-refractivity contribution in [3.05, 3.63) is 20.8 Å². The second-order valence-electron chi connectivity index (χ2n) is 1.61. The van der Waals surface area contributed by atoms with E-state index >= 15 is 0 Å². The summed E-state index contributed by atoms with van der Waals surface area (Å²) in [5.74, 6) is -1.71. The normalized spacial score (nSPS) is 9.60. The Labute approximate surface area is 53.8 Å². The molecule has 0 spiro atoms. The number of H-pyrrole nitrogens is 2. The van der Waals surface area contributed by atoms with E-state index in [1.54, 1.807) is 9.97 Å². The third-order valence-electron chi connectivity index (χ3n) is 0.898. The first-order valence-electron chi connectivity index (χ1n) is 2.36. The van der Waals surface area contributed by atoms with Crippen LogP contribution in [0.5, 0.6) is 11.6 Å². The fourth-order valence-corrected chi connectivity index (χ4v) is 0.468. The summed E-state index contributed by atoms with van der Waals surface area (Å²) >= 11 is 0. The Morgan fingerprint density at radius 3 is 2.20 bits per heavy atom. The van der Waals surface area contributed by atoms with Gasteiger partial charge in [0.1, 0.15) is 0 Å². The van der Waals surface area contributed by atoms with Gasteiger partial charge < -0.3 is 10.2 Å². The zero-order valence-corrected chi connectivity index (χ0v) is 4.71. The Morgan fingerprint density at radius 1 is 1.10 bits per heavy atom. The molecular weight excluding hydrogens is 140 g/mol. The predicted octanol–water partition coefficient (Wildman–Crippen LogP) is -1.53. The quantitative estimate of drug-likeness (QED) is 0.354. The summed E-state index contributed by atoms with van der Waals surface area (Å²) in [6, 6.07) is 0. The molecule has 0 bridgehead atoms. The van der Waals surface area contributed by atoms with Crippen molar-refractivity contribution in [1.29, 1.82) is 0 Å². The van der Waals surface area contributed by atoms with E-state index in [1.165, 1.54) is 0 Å². The lowest BCUT2D eigenvalue weighted by Crippen LogP contribution is -2.20. The van der Waals surface area contributed by atoms with Gasteiger partial charge in [0.05, 0.1) is 0 Å². The summed E-state index contributed by atoms with van der Waals surface area (Å²) in [6.45, 7) is 0. The third kappa shape index (κ3) is 0.859. The Balaban J connectivity index is 3.62. The maximum Gasteiger partial charge on any atom is 0.328 e. The Bertz CT molecular complexity index is 349. The van der Waals surface area contributed by atoms with Crippen molar-refractivity contribution in [2.45, 2.75) is 0 Å². The van der Waals surface area contributed by atoms with Crippen LogP contribution < -0.4 is 11.2 Å². The first-order chi connectivity index (χ1) is 4.61. The number of hydrogen-bond donors (Lipinski definition) is 4. The average Bonchev–Trinajstić information content (AvgIpc) is 1.82. The lowest BCUT2D eigenvalue weighted by atomic mass is 10.6. The molecule has 0 amide bonds. The molecule has 54 valence electrons. The van der Waals surface area contributed by atoms with E-state index in [4.69, 9.17) is 10.2 Å². The van der Waals surface area contributed by atoms with Gasteiger partial charge in [0, 0.05) is 0 Å². The van der Waals surface area contributed by atoms with Gasteiger partial charge in [-0.1, -0.05) is 0 Å². The molecule has 0 fully saturated rings. The van der Waals surface area contributed by atoms with Crippen molar-refractivity contribution in [1.82, 2.24) is 9.97 Å². The van der Waals surface area contributed by atoms with Crippen LogP contribution in [0.3, 0.4) is 0 Å². The SMILES string of the molecule is O=c1[nH]c(O)c(O)c(=O)[nH]1. The summed E-state index contributed by atoms with van der Waals surface area (Å²) in [7, 11) is 0. The van der Waals surface area contributed by atoms with Gasteiger partial charge in [-0.2, -0.15) is 0 Å². The molecule has 6 nitrogen and oxygen atoms in total. The van der Waals surface area contributed by atoms with E-state index in [9.17, 15) is 9.59 Å². The van der Waals surface area contributed by atoms with Gasteiger partial charge in [-0.25, -0.2) is 4.79 Å². The molecule has 4 N–H and O–H groups in total. The molecule has 0 saturated heterocycles. The van der Waals surface area contributed by atoms with E-state index in [0.717, 1.165) is 0 Å². The van der Waals surface area contributed by atoms with Crippen LogP contribution in [-0.4, -0.2) is 20.2 Å². The van der Waals surface area contributed by atoms with E-state index in [0.29, 0.717) is 0 Å². The predicted molar refractivity (Wildman–Crippen MR) is 31.0 cm³/mol. The fourth-order valence-electron chi connectivity index (χ4n) is 0.468. The fraction of sp³-hybridized carbons (Fsp3) is 0. The lowest BCUT2D eigenvalue weighted by molar-refractivity contribution is 0.380. The van der Waals surface area contributed by atoms with E-state index < -0.39 is 22.9 Å². The van der Waals surface area contributed by atoms with Gasteiger partial charge in [-0.15, -0.1) is 0 Å². The van der Waals surface area contributed by atoms with Crippen molar-refractivity contribution in [3.63, 3.8) is 0 Å². The van der Waals surface area contributed by atoms with Gasteiger partial charge in [0.2, 0.25) is 11.6 Å². The molecule has 1 heterocycles. The molecule has 1 rings (SSSR count). The van der Waals surface area contributed by atoms with E-state index in [1.807, 2.05) is 0 Å². The van der Waals surface area contributed by atoms with Gasteiger partial charge in [0.15, 0.2) is 0 Å². The van der Waals surface area contributed by atoms with E-state index in [2.05, 4.69) is 0 Å². The van der Waals surface area contributed by atoms with Crippen molar-refractivity contribution >= 4 is 0 Å². The number of aromatic hydroxyl groups is 2.